The van der Waals surface area contributed by atoms with Crippen molar-refractivity contribution in [1.29, 1.82) is 0 Å². The quantitative estimate of drug-likeness (QED) is 0.837. The van der Waals surface area contributed by atoms with E-state index in [1.54, 1.807) is 0 Å². The highest BCUT2D eigenvalue weighted by molar-refractivity contribution is 6.30. The normalized spacial score (nSPS) is 22.2. The maximum absolute atomic E-state index is 5.93. The van der Waals surface area contributed by atoms with E-state index in [1.165, 1.54) is 50.6 Å². The average molecular weight is 250 g/mol. The number of nitrogens with one attached hydrogen (secondary N) is 1. The number of hydrogen-bond donors (Lipinski definition) is 1. The van der Waals surface area contributed by atoms with E-state index in [-0.39, 0.29) is 0 Å². The van der Waals surface area contributed by atoms with Crippen LogP contribution in [0.2, 0.25) is 5.02 Å². The summed E-state index contributed by atoms with van der Waals surface area (Å²) in [6.07, 6.45) is 8.16. The third-order valence-corrected chi connectivity index (χ3v) is 4.50. The lowest BCUT2D eigenvalue weighted by Crippen LogP contribution is -2.42. The van der Waals surface area contributed by atoms with Gasteiger partial charge in [-0.05, 0) is 55.2 Å². The first-order valence-electron chi connectivity index (χ1n) is 6.74. The highest BCUT2D eigenvalue weighted by Gasteiger charge is 2.38. The fourth-order valence-electron chi connectivity index (χ4n) is 2.78. The molecule has 0 heterocycles. The Balaban J connectivity index is 1.61. The fraction of sp³-hybridized carbons (Fsp3) is 0.600. The van der Waals surface area contributed by atoms with Crippen molar-refractivity contribution in [2.75, 3.05) is 6.54 Å². The molecular weight excluding hydrogens is 230 g/mol. The Hall–Kier alpha value is -0.530. The molecule has 17 heavy (non-hydrogen) atoms. The standard InChI is InChI=1S/C15H20ClN/c16-13-4-2-12(3-5-13)10-15(8-1-9-15)11-17-14-6-7-14/h2-5,14,17H,1,6-11H2. The minimum absolute atomic E-state index is 0.538. The number of halogens is 1. The molecule has 0 saturated heterocycles. The second kappa shape index (κ2) is 4.62. The van der Waals surface area contributed by atoms with Crippen molar-refractivity contribution in [2.45, 2.75) is 44.6 Å². The molecule has 1 aromatic carbocycles. The zero-order valence-corrected chi connectivity index (χ0v) is 11.0. The lowest BCUT2D eigenvalue weighted by atomic mass is 9.65. The molecule has 1 nitrogen and oxygen atoms in total. The average Bonchev–Trinajstić information content (AvgIpc) is 3.08. The molecule has 3 rings (SSSR count). The molecule has 0 spiro atoms. The SMILES string of the molecule is Clc1ccc(CC2(CNC3CC3)CCC2)cc1. The first-order chi connectivity index (χ1) is 8.26. The van der Waals surface area contributed by atoms with Crippen molar-refractivity contribution in [1.82, 2.24) is 5.32 Å². The maximum Gasteiger partial charge on any atom is 0.0406 e. The van der Waals surface area contributed by atoms with Crippen LogP contribution >= 0.6 is 11.6 Å². The van der Waals surface area contributed by atoms with Crippen molar-refractivity contribution in [3.63, 3.8) is 0 Å². The van der Waals surface area contributed by atoms with Gasteiger partial charge in [0, 0.05) is 17.6 Å². The highest BCUT2D eigenvalue weighted by atomic mass is 35.5. The van der Waals surface area contributed by atoms with Gasteiger partial charge in [-0.3, -0.25) is 0 Å². The van der Waals surface area contributed by atoms with Crippen molar-refractivity contribution >= 4 is 11.6 Å². The smallest absolute Gasteiger partial charge is 0.0406 e. The van der Waals surface area contributed by atoms with Crippen LogP contribution in [-0.4, -0.2) is 12.6 Å². The van der Waals surface area contributed by atoms with E-state index in [0.717, 1.165) is 11.1 Å². The maximum atomic E-state index is 5.93. The molecule has 2 aliphatic carbocycles. The molecule has 2 saturated carbocycles. The largest absolute Gasteiger partial charge is 0.313 e. The second-order valence-electron chi connectivity index (χ2n) is 5.81. The Kier molecular flexibility index (Phi) is 3.14. The van der Waals surface area contributed by atoms with E-state index < -0.39 is 0 Å². The van der Waals surface area contributed by atoms with Gasteiger partial charge in [0.1, 0.15) is 0 Å². The van der Waals surface area contributed by atoms with Crippen molar-refractivity contribution in [2.24, 2.45) is 5.41 Å². The zero-order valence-electron chi connectivity index (χ0n) is 10.2. The Labute approximate surface area is 109 Å². The van der Waals surface area contributed by atoms with Crippen LogP contribution in [0.1, 0.15) is 37.7 Å². The van der Waals surface area contributed by atoms with Gasteiger partial charge in [0.05, 0.1) is 0 Å². The van der Waals surface area contributed by atoms with Crippen LogP contribution in [0.25, 0.3) is 0 Å². The number of hydrogen-bond acceptors (Lipinski definition) is 1. The molecule has 2 heteroatoms. The molecule has 0 atom stereocenters. The summed E-state index contributed by atoms with van der Waals surface area (Å²) >= 11 is 5.93. The molecule has 1 N–H and O–H groups in total. The summed E-state index contributed by atoms with van der Waals surface area (Å²) in [5.41, 5.74) is 1.97. The molecule has 92 valence electrons. The lowest BCUT2D eigenvalue weighted by molar-refractivity contribution is 0.129. The highest BCUT2D eigenvalue weighted by Crippen LogP contribution is 2.43. The van der Waals surface area contributed by atoms with Crippen molar-refractivity contribution < 1.29 is 0 Å². The van der Waals surface area contributed by atoms with Crippen LogP contribution in [0.5, 0.6) is 0 Å². The van der Waals surface area contributed by atoms with Crippen molar-refractivity contribution in [3.05, 3.63) is 34.9 Å². The Bertz CT molecular complexity index is 376. The predicted octanol–water partition coefficient (Wildman–Crippen LogP) is 3.80. The predicted molar refractivity (Wildman–Crippen MR) is 72.5 cm³/mol. The summed E-state index contributed by atoms with van der Waals surface area (Å²) in [6, 6.07) is 9.21. The van der Waals surface area contributed by atoms with Gasteiger partial charge < -0.3 is 5.32 Å². The molecule has 1 aromatic rings. The van der Waals surface area contributed by atoms with Gasteiger partial charge in [-0.1, -0.05) is 30.2 Å². The Morgan fingerprint density at radius 3 is 2.41 bits per heavy atom. The molecule has 0 bridgehead atoms. The third kappa shape index (κ3) is 2.83. The van der Waals surface area contributed by atoms with Crippen LogP contribution in [0.3, 0.4) is 0 Å². The van der Waals surface area contributed by atoms with Gasteiger partial charge in [0.2, 0.25) is 0 Å². The van der Waals surface area contributed by atoms with Gasteiger partial charge in [0.15, 0.2) is 0 Å². The van der Waals surface area contributed by atoms with Gasteiger partial charge >= 0.3 is 0 Å². The molecular formula is C15H20ClN. The molecule has 0 aromatic heterocycles. The van der Waals surface area contributed by atoms with E-state index in [0.29, 0.717) is 5.41 Å². The Morgan fingerprint density at radius 2 is 1.88 bits per heavy atom. The molecule has 2 aliphatic rings. The first kappa shape index (κ1) is 11.6. The fourth-order valence-corrected chi connectivity index (χ4v) is 2.90. The lowest BCUT2D eigenvalue weighted by Gasteiger charge is -2.42. The van der Waals surface area contributed by atoms with E-state index >= 15 is 0 Å². The van der Waals surface area contributed by atoms with E-state index in [9.17, 15) is 0 Å². The topological polar surface area (TPSA) is 12.0 Å². The van der Waals surface area contributed by atoms with Gasteiger partial charge in [-0.25, -0.2) is 0 Å². The summed E-state index contributed by atoms with van der Waals surface area (Å²) < 4.78 is 0. The second-order valence-corrected chi connectivity index (χ2v) is 6.25. The van der Waals surface area contributed by atoms with Crippen LogP contribution in [-0.2, 0) is 6.42 Å². The summed E-state index contributed by atoms with van der Waals surface area (Å²) in [5.74, 6) is 0. The zero-order chi connectivity index (χ0) is 11.7. The summed E-state index contributed by atoms with van der Waals surface area (Å²) in [5, 5.41) is 4.55. The van der Waals surface area contributed by atoms with Crippen LogP contribution in [0, 0.1) is 5.41 Å². The van der Waals surface area contributed by atoms with E-state index in [2.05, 4.69) is 17.4 Å². The van der Waals surface area contributed by atoms with Crippen LogP contribution in [0.4, 0.5) is 0 Å². The van der Waals surface area contributed by atoms with Crippen LogP contribution in [0.15, 0.2) is 24.3 Å². The summed E-state index contributed by atoms with van der Waals surface area (Å²) in [7, 11) is 0. The number of rotatable bonds is 5. The van der Waals surface area contributed by atoms with Gasteiger partial charge in [-0.15, -0.1) is 0 Å². The number of benzene rings is 1. The van der Waals surface area contributed by atoms with Gasteiger partial charge in [0.25, 0.3) is 0 Å². The molecule has 0 aliphatic heterocycles. The summed E-state index contributed by atoms with van der Waals surface area (Å²) in [4.78, 5) is 0. The summed E-state index contributed by atoms with van der Waals surface area (Å²) in [6.45, 7) is 1.21. The third-order valence-electron chi connectivity index (χ3n) is 4.25. The Morgan fingerprint density at radius 1 is 1.18 bits per heavy atom. The minimum Gasteiger partial charge on any atom is -0.313 e. The van der Waals surface area contributed by atoms with Crippen molar-refractivity contribution in [3.8, 4) is 0 Å². The monoisotopic (exact) mass is 249 g/mol. The van der Waals surface area contributed by atoms with Gasteiger partial charge in [-0.2, -0.15) is 0 Å². The van der Waals surface area contributed by atoms with Crippen LogP contribution < -0.4 is 5.32 Å². The molecule has 2 fully saturated rings. The molecule has 0 radical (unpaired) electrons. The molecule has 0 amide bonds. The first-order valence-corrected chi connectivity index (χ1v) is 7.11. The van der Waals surface area contributed by atoms with E-state index in [1.807, 2.05) is 12.1 Å². The van der Waals surface area contributed by atoms with E-state index in [4.69, 9.17) is 11.6 Å². The minimum atomic E-state index is 0.538. The molecule has 0 unspecified atom stereocenters.